The summed E-state index contributed by atoms with van der Waals surface area (Å²) in [5.74, 6) is 0. The Morgan fingerprint density at radius 1 is 0.810 bits per heavy atom. The number of aliphatic hydroxyl groups excluding tert-OH is 1. The third-order valence-corrected chi connectivity index (χ3v) is 3.37. The zero-order valence-electron chi connectivity index (χ0n) is 11.7. The Balaban J connectivity index is 1.84. The van der Waals surface area contributed by atoms with Crippen LogP contribution in [0.4, 0.5) is 0 Å². The Morgan fingerprint density at radius 2 is 1.48 bits per heavy atom. The number of aliphatic hydroxyl groups is 1. The molecule has 3 aromatic rings. The van der Waals surface area contributed by atoms with E-state index in [4.69, 9.17) is 5.11 Å². The highest BCUT2D eigenvalue weighted by Gasteiger charge is 1.96. The van der Waals surface area contributed by atoms with Crippen LogP contribution in [0.2, 0.25) is 0 Å². The van der Waals surface area contributed by atoms with Gasteiger partial charge in [-0.3, -0.25) is 0 Å². The van der Waals surface area contributed by atoms with E-state index in [1.165, 1.54) is 0 Å². The molecular formula is C19H17NO. The first-order valence-corrected chi connectivity index (χ1v) is 6.96. The molecule has 1 N–H and O–H groups in total. The van der Waals surface area contributed by atoms with Crippen LogP contribution in [-0.2, 0) is 6.61 Å². The summed E-state index contributed by atoms with van der Waals surface area (Å²) in [7, 11) is 0. The SMILES string of the molecule is OCc1cccc(C=Cc2cccc(-n3cccc3)c2)c1. The summed E-state index contributed by atoms with van der Waals surface area (Å²) in [5, 5.41) is 9.16. The Morgan fingerprint density at radius 3 is 2.19 bits per heavy atom. The van der Waals surface area contributed by atoms with Crippen LogP contribution in [-0.4, -0.2) is 9.67 Å². The van der Waals surface area contributed by atoms with Gasteiger partial charge in [-0.05, 0) is 47.0 Å². The number of benzene rings is 2. The Labute approximate surface area is 124 Å². The van der Waals surface area contributed by atoms with Crippen molar-refractivity contribution < 1.29 is 5.11 Å². The average molecular weight is 275 g/mol. The zero-order valence-corrected chi connectivity index (χ0v) is 11.7. The number of rotatable bonds is 4. The molecule has 0 saturated heterocycles. The van der Waals surface area contributed by atoms with Gasteiger partial charge in [0.1, 0.15) is 0 Å². The van der Waals surface area contributed by atoms with Crippen LogP contribution in [0.25, 0.3) is 17.8 Å². The van der Waals surface area contributed by atoms with Crippen LogP contribution >= 0.6 is 0 Å². The van der Waals surface area contributed by atoms with E-state index < -0.39 is 0 Å². The summed E-state index contributed by atoms with van der Waals surface area (Å²) in [6.45, 7) is 0.0742. The van der Waals surface area contributed by atoms with Gasteiger partial charge in [-0.2, -0.15) is 0 Å². The number of hydrogen-bond donors (Lipinski definition) is 1. The predicted molar refractivity (Wildman–Crippen MR) is 87.1 cm³/mol. The second kappa shape index (κ2) is 6.25. The van der Waals surface area contributed by atoms with Gasteiger partial charge in [-0.15, -0.1) is 0 Å². The fraction of sp³-hybridized carbons (Fsp3) is 0.0526. The van der Waals surface area contributed by atoms with Gasteiger partial charge in [0.05, 0.1) is 6.61 Å². The second-order valence-electron chi connectivity index (χ2n) is 4.92. The Kier molecular flexibility index (Phi) is 3.99. The van der Waals surface area contributed by atoms with E-state index in [2.05, 4.69) is 41.0 Å². The lowest BCUT2D eigenvalue weighted by atomic mass is 10.1. The molecule has 2 aromatic carbocycles. The first kappa shape index (κ1) is 13.4. The third kappa shape index (κ3) is 3.30. The van der Waals surface area contributed by atoms with E-state index in [1.807, 2.05) is 48.8 Å². The first-order valence-electron chi connectivity index (χ1n) is 6.96. The van der Waals surface area contributed by atoms with Gasteiger partial charge in [0.15, 0.2) is 0 Å². The molecule has 0 bridgehead atoms. The van der Waals surface area contributed by atoms with Crippen LogP contribution in [0.3, 0.4) is 0 Å². The average Bonchev–Trinajstić information content (AvgIpc) is 3.08. The standard InChI is InChI=1S/C19H17NO/c21-15-18-7-3-5-16(13-18)9-10-17-6-4-8-19(14-17)20-11-1-2-12-20/h1-14,21H,15H2. The van der Waals surface area contributed by atoms with E-state index in [0.29, 0.717) is 0 Å². The molecule has 2 heteroatoms. The molecule has 0 fully saturated rings. The molecule has 2 nitrogen and oxygen atoms in total. The van der Waals surface area contributed by atoms with Crippen LogP contribution in [0.15, 0.2) is 73.1 Å². The van der Waals surface area contributed by atoms with E-state index in [9.17, 15) is 0 Å². The highest BCUT2D eigenvalue weighted by atomic mass is 16.3. The molecular weight excluding hydrogens is 258 g/mol. The van der Waals surface area contributed by atoms with Gasteiger partial charge < -0.3 is 9.67 Å². The molecule has 0 unspecified atom stereocenters. The molecule has 1 heterocycles. The van der Waals surface area contributed by atoms with E-state index in [-0.39, 0.29) is 6.61 Å². The van der Waals surface area contributed by atoms with Crippen molar-refractivity contribution in [1.29, 1.82) is 0 Å². The van der Waals surface area contributed by atoms with Crippen LogP contribution in [0.1, 0.15) is 16.7 Å². The van der Waals surface area contributed by atoms with Crippen molar-refractivity contribution in [2.24, 2.45) is 0 Å². The van der Waals surface area contributed by atoms with Gasteiger partial charge in [-0.25, -0.2) is 0 Å². The zero-order chi connectivity index (χ0) is 14.5. The summed E-state index contributed by atoms with van der Waals surface area (Å²) in [4.78, 5) is 0. The van der Waals surface area contributed by atoms with Crippen LogP contribution < -0.4 is 0 Å². The maximum atomic E-state index is 9.16. The molecule has 0 aliphatic carbocycles. The quantitative estimate of drug-likeness (QED) is 0.711. The minimum absolute atomic E-state index is 0.0742. The molecule has 0 aliphatic rings. The van der Waals surface area contributed by atoms with Crippen LogP contribution in [0.5, 0.6) is 0 Å². The molecule has 21 heavy (non-hydrogen) atoms. The fourth-order valence-electron chi connectivity index (χ4n) is 2.28. The number of aromatic nitrogens is 1. The van der Waals surface area contributed by atoms with Crippen molar-refractivity contribution in [2.45, 2.75) is 6.61 Å². The van der Waals surface area contributed by atoms with Gasteiger partial charge in [0.25, 0.3) is 0 Å². The summed E-state index contributed by atoms with van der Waals surface area (Å²) < 4.78 is 2.09. The maximum Gasteiger partial charge on any atom is 0.0682 e. The summed E-state index contributed by atoms with van der Waals surface area (Å²) in [5.41, 5.74) is 4.31. The molecule has 0 amide bonds. The smallest absolute Gasteiger partial charge is 0.0682 e. The summed E-state index contributed by atoms with van der Waals surface area (Å²) >= 11 is 0. The molecule has 0 saturated carbocycles. The van der Waals surface area contributed by atoms with Gasteiger partial charge in [0.2, 0.25) is 0 Å². The lowest BCUT2D eigenvalue weighted by Gasteiger charge is -2.04. The molecule has 3 rings (SSSR count). The predicted octanol–water partition coefficient (Wildman–Crippen LogP) is 4.14. The molecule has 0 atom stereocenters. The molecule has 0 radical (unpaired) electrons. The first-order chi connectivity index (χ1) is 10.3. The minimum Gasteiger partial charge on any atom is -0.392 e. The second-order valence-corrected chi connectivity index (χ2v) is 4.92. The van der Waals surface area contributed by atoms with Crippen molar-refractivity contribution >= 4 is 12.2 Å². The van der Waals surface area contributed by atoms with Gasteiger partial charge in [-0.1, -0.05) is 42.5 Å². The maximum absolute atomic E-state index is 9.16. The summed E-state index contributed by atoms with van der Waals surface area (Å²) in [6, 6.07) is 20.3. The minimum atomic E-state index is 0.0742. The number of hydrogen-bond acceptors (Lipinski definition) is 1. The largest absolute Gasteiger partial charge is 0.392 e. The number of nitrogens with zero attached hydrogens (tertiary/aromatic N) is 1. The van der Waals surface area contributed by atoms with Crippen molar-refractivity contribution in [3.05, 3.63) is 89.7 Å². The Hall–Kier alpha value is -2.58. The van der Waals surface area contributed by atoms with Crippen molar-refractivity contribution in [2.75, 3.05) is 0 Å². The molecule has 0 spiro atoms. The normalized spacial score (nSPS) is 11.1. The van der Waals surface area contributed by atoms with Gasteiger partial charge >= 0.3 is 0 Å². The molecule has 0 aliphatic heterocycles. The molecule has 1 aromatic heterocycles. The lowest BCUT2D eigenvalue weighted by Crippen LogP contribution is -1.89. The van der Waals surface area contributed by atoms with E-state index in [1.54, 1.807) is 0 Å². The summed E-state index contributed by atoms with van der Waals surface area (Å²) in [6.07, 6.45) is 8.22. The van der Waals surface area contributed by atoms with Crippen molar-refractivity contribution in [1.82, 2.24) is 4.57 Å². The van der Waals surface area contributed by atoms with E-state index in [0.717, 1.165) is 22.4 Å². The third-order valence-electron chi connectivity index (χ3n) is 3.37. The van der Waals surface area contributed by atoms with Crippen molar-refractivity contribution in [3.63, 3.8) is 0 Å². The topological polar surface area (TPSA) is 25.2 Å². The fourth-order valence-corrected chi connectivity index (χ4v) is 2.28. The molecule has 104 valence electrons. The van der Waals surface area contributed by atoms with E-state index >= 15 is 0 Å². The monoisotopic (exact) mass is 275 g/mol. The Bertz CT molecular complexity index is 742. The van der Waals surface area contributed by atoms with Crippen molar-refractivity contribution in [3.8, 4) is 5.69 Å². The lowest BCUT2D eigenvalue weighted by molar-refractivity contribution is 0.282. The highest BCUT2D eigenvalue weighted by Crippen LogP contribution is 2.14. The van der Waals surface area contributed by atoms with Gasteiger partial charge in [0, 0.05) is 18.1 Å². The van der Waals surface area contributed by atoms with Crippen LogP contribution in [0, 0.1) is 0 Å². The highest BCUT2D eigenvalue weighted by molar-refractivity contribution is 5.70.